The van der Waals surface area contributed by atoms with Gasteiger partial charge in [0, 0.05) is 6.42 Å². The predicted molar refractivity (Wildman–Crippen MR) is 88.9 cm³/mol. The number of aromatic carboxylic acids is 1. The van der Waals surface area contributed by atoms with Gasteiger partial charge in [-0.2, -0.15) is 0 Å². The first kappa shape index (κ1) is 15.5. The number of amides is 1. The summed E-state index contributed by atoms with van der Waals surface area (Å²) < 4.78 is 0. The highest BCUT2D eigenvalue weighted by molar-refractivity contribution is 5.95. The Bertz CT molecular complexity index is 661. The summed E-state index contributed by atoms with van der Waals surface area (Å²) in [6, 6.07) is 3.95. The molecular weight excluding hydrogens is 306 g/mol. The van der Waals surface area contributed by atoms with Crippen molar-refractivity contribution in [2.45, 2.75) is 44.9 Å². The van der Waals surface area contributed by atoms with Gasteiger partial charge >= 0.3 is 5.97 Å². The van der Waals surface area contributed by atoms with Crippen molar-refractivity contribution in [3.05, 3.63) is 23.8 Å². The maximum Gasteiger partial charge on any atom is 0.335 e. The van der Waals surface area contributed by atoms with Crippen molar-refractivity contribution in [2.75, 3.05) is 5.32 Å². The Morgan fingerprint density at radius 3 is 2.21 bits per heavy atom. The summed E-state index contributed by atoms with van der Waals surface area (Å²) in [5, 5.41) is 21.7. The number of carboxylic acids is 1. The van der Waals surface area contributed by atoms with Crippen LogP contribution in [0.15, 0.2) is 18.2 Å². The molecule has 5 rings (SSSR count). The predicted octanol–water partition coefficient (Wildman–Crippen LogP) is 3.64. The zero-order valence-electron chi connectivity index (χ0n) is 13.6. The van der Waals surface area contributed by atoms with Gasteiger partial charge in [-0.1, -0.05) is 0 Å². The van der Waals surface area contributed by atoms with E-state index >= 15 is 0 Å². The first-order valence-electron chi connectivity index (χ1n) is 8.79. The molecule has 4 aliphatic rings. The summed E-state index contributed by atoms with van der Waals surface area (Å²) in [5.41, 5.74) is 0.362. The molecule has 1 amide bonds. The maximum atomic E-state index is 12.6. The normalized spacial score (nSPS) is 33.4. The highest BCUT2D eigenvalue weighted by Crippen LogP contribution is 2.61. The van der Waals surface area contributed by atoms with Crippen LogP contribution in [-0.4, -0.2) is 22.1 Å². The maximum absolute atomic E-state index is 12.6. The van der Waals surface area contributed by atoms with Crippen molar-refractivity contribution >= 4 is 17.6 Å². The van der Waals surface area contributed by atoms with Crippen molar-refractivity contribution < 1.29 is 19.8 Å². The van der Waals surface area contributed by atoms with Gasteiger partial charge in [0.2, 0.25) is 5.91 Å². The lowest BCUT2D eigenvalue weighted by molar-refractivity contribution is -0.124. The van der Waals surface area contributed by atoms with E-state index < -0.39 is 5.97 Å². The second-order valence-corrected chi connectivity index (χ2v) is 8.18. The number of phenols is 1. The van der Waals surface area contributed by atoms with Gasteiger partial charge in [-0.25, -0.2) is 4.79 Å². The molecule has 3 N–H and O–H groups in total. The number of rotatable bonds is 4. The quantitative estimate of drug-likeness (QED) is 0.736. The van der Waals surface area contributed by atoms with Crippen molar-refractivity contribution in [1.82, 2.24) is 0 Å². The zero-order chi connectivity index (χ0) is 16.9. The van der Waals surface area contributed by atoms with Gasteiger partial charge in [-0.15, -0.1) is 0 Å². The number of phenolic OH excluding ortho intramolecular Hbond substituents is 1. The van der Waals surface area contributed by atoms with E-state index in [1.54, 1.807) is 0 Å². The van der Waals surface area contributed by atoms with Crippen LogP contribution in [0.3, 0.4) is 0 Å². The highest BCUT2D eigenvalue weighted by atomic mass is 16.4. The van der Waals surface area contributed by atoms with E-state index in [1.807, 2.05) is 0 Å². The fourth-order valence-corrected chi connectivity index (χ4v) is 5.81. The number of benzene rings is 1. The molecule has 0 unspecified atom stereocenters. The zero-order valence-corrected chi connectivity index (χ0v) is 13.6. The molecule has 128 valence electrons. The Morgan fingerprint density at radius 1 is 1.08 bits per heavy atom. The second kappa shape index (κ2) is 5.50. The van der Waals surface area contributed by atoms with Gasteiger partial charge in [-0.3, -0.25) is 4.79 Å². The topological polar surface area (TPSA) is 86.6 Å². The minimum Gasteiger partial charge on any atom is -0.506 e. The minimum absolute atomic E-state index is 0.0536. The smallest absolute Gasteiger partial charge is 0.335 e. The van der Waals surface area contributed by atoms with Crippen LogP contribution in [0.4, 0.5) is 5.69 Å². The molecule has 4 aliphatic carbocycles. The number of anilines is 1. The van der Waals surface area contributed by atoms with Gasteiger partial charge in [0.1, 0.15) is 5.75 Å². The molecule has 0 spiro atoms. The summed E-state index contributed by atoms with van der Waals surface area (Å²) in [5.74, 6) is 1.06. The number of carbonyl (C=O) groups excluding carboxylic acids is 1. The highest BCUT2D eigenvalue weighted by Gasteiger charge is 2.51. The molecule has 0 radical (unpaired) electrons. The Morgan fingerprint density at radius 2 is 1.67 bits per heavy atom. The SMILES string of the molecule is O=C(CC12CC3CC(CC(C3)C1)C2)Nc1cc(C(=O)O)ccc1O. The molecule has 0 aromatic heterocycles. The lowest BCUT2D eigenvalue weighted by atomic mass is 9.49. The van der Waals surface area contributed by atoms with Crippen LogP contribution >= 0.6 is 0 Å². The van der Waals surface area contributed by atoms with Crippen LogP contribution in [0.1, 0.15) is 55.3 Å². The molecule has 1 aromatic rings. The second-order valence-electron chi connectivity index (χ2n) is 8.18. The molecular formula is C19H23NO4. The number of aromatic hydroxyl groups is 1. The van der Waals surface area contributed by atoms with Crippen molar-refractivity contribution in [1.29, 1.82) is 0 Å². The fraction of sp³-hybridized carbons (Fsp3) is 0.579. The molecule has 0 aliphatic heterocycles. The largest absolute Gasteiger partial charge is 0.506 e. The van der Waals surface area contributed by atoms with Crippen LogP contribution in [0.2, 0.25) is 0 Å². The first-order chi connectivity index (χ1) is 11.4. The van der Waals surface area contributed by atoms with E-state index in [1.165, 1.54) is 37.5 Å². The van der Waals surface area contributed by atoms with Crippen molar-refractivity contribution in [2.24, 2.45) is 23.2 Å². The molecule has 5 heteroatoms. The van der Waals surface area contributed by atoms with Gasteiger partial charge in [-0.05, 0) is 79.9 Å². The summed E-state index contributed by atoms with van der Waals surface area (Å²) in [6.45, 7) is 0. The van der Waals surface area contributed by atoms with E-state index in [9.17, 15) is 14.7 Å². The standard InChI is InChI=1S/C19H23NO4/c21-16-2-1-14(18(23)24)6-15(16)20-17(22)10-19-7-11-3-12(8-19)5-13(4-11)9-19/h1-2,6,11-13,21H,3-5,7-10H2,(H,20,22)(H,23,24). The van der Waals surface area contributed by atoms with Crippen LogP contribution in [0.5, 0.6) is 5.75 Å². The van der Waals surface area contributed by atoms with Gasteiger partial charge < -0.3 is 15.5 Å². The third-order valence-electron chi connectivity index (χ3n) is 6.22. The summed E-state index contributed by atoms with van der Waals surface area (Å²) in [7, 11) is 0. The third kappa shape index (κ3) is 2.76. The van der Waals surface area contributed by atoms with E-state index in [2.05, 4.69) is 5.32 Å². The number of hydrogen-bond acceptors (Lipinski definition) is 3. The van der Waals surface area contributed by atoms with E-state index in [0.29, 0.717) is 6.42 Å². The lowest BCUT2D eigenvalue weighted by Crippen LogP contribution is -2.47. The van der Waals surface area contributed by atoms with Crippen LogP contribution in [-0.2, 0) is 4.79 Å². The number of carbonyl (C=O) groups is 2. The molecule has 0 saturated heterocycles. The molecule has 4 bridgehead atoms. The van der Waals surface area contributed by atoms with Crippen LogP contribution in [0.25, 0.3) is 0 Å². The average molecular weight is 329 g/mol. The molecule has 24 heavy (non-hydrogen) atoms. The van der Waals surface area contributed by atoms with Gasteiger partial charge in [0.25, 0.3) is 0 Å². The fourth-order valence-electron chi connectivity index (χ4n) is 5.81. The minimum atomic E-state index is -1.08. The van der Waals surface area contributed by atoms with Crippen LogP contribution < -0.4 is 5.32 Å². The summed E-state index contributed by atoms with van der Waals surface area (Å²) in [6.07, 6.45) is 7.93. The monoisotopic (exact) mass is 329 g/mol. The van der Waals surface area contributed by atoms with Crippen molar-refractivity contribution in [3.8, 4) is 5.75 Å². The molecule has 4 saturated carbocycles. The van der Waals surface area contributed by atoms with E-state index in [0.717, 1.165) is 37.0 Å². The summed E-state index contributed by atoms with van der Waals surface area (Å²) in [4.78, 5) is 23.6. The average Bonchev–Trinajstić information content (AvgIpc) is 2.47. The van der Waals surface area contributed by atoms with Crippen molar-refractivity contribution in [3.63, 3.8) is 0 Å². The number of carboxylic acid groups (broad SMARTS) is 1. The molecule has 0 atom stereocenters. The number of nitrogens with one attached hydrogen (secondary N) is 1. The molecule has 0 heterocycles. The van der Waals surface area contributed by atoms with Gasteiger partial charge in [0.15, 0.2) is 0 Å². The Labute approximate surface area is 141 Å². The molecule has 5 nitrogen and oxygen atoms in total. The summed E-state index contributed by atoms with van der Waals surface area (Å²) >= 11 is 0. The Balaban J connectivity index is 1.48. The van der Waals surface area contributed by atoms with E-state index in [-0.39, 0.29) is 28.3 Å². The molecule has 1 aromatic carbocycles. The van der Waals surface area contributed by atoms with Gasteiger partial charge in [0.05, 0.1) is 11.3 Å². The Kier molecular flexibility index (Phi) is 3.55. The lowest BCUT2D eigenvalue weighted by Gasteiger charge is -2.56. The third-order valence-corrected chi connectivity index (χ3v) is 6.22. The first-order valence-corrected chi connectivity index (χ1v) is 8.79. The van der Waals surface area contributed by atoms with Crippen LogP contribution in [0, 0.1) is 23.2 Å². The molecule has 4 fully saturated rings. The number of hydrogen-bond donors (Lipinski definition) is 3. The van der Waals surface area contributed by atoms with E-state index in [4.69, 9.17) is 5.11 Å². The Hall–Kier alpha value is -2.04.